The number of carbonyl (C=O) groups excluding carboxylic acids is 1. The van der Waals surface area contributed by atoms with E-state index in [9.17, 15) is 20.1 Å². The van der Waals surface area contributed by atoms with Crippen LogP contribution in [-0.2, 0) is 4.79 Å². The lowest BCUT2D eigenvalue weighted by Crippen LogP contribution is -2.45. The zero-order valence-electron chi connectivity index (χ0n) is 26.4. The zero-order valence-corrected chi connectivity index (χ0v) is 26.4. The van der Waals surface area contributed by atoms with E-state index in [1.807, 2.05) is 30.4 Å². The van der Waals surface area contributed by atoms with E-state index in [4.69, 9.17) is 0 Å². The molecule has 0 radical (unpaired) electrons. The predicted octanol–water partition coefficient (Wildman–Crippen LogP) is 8.42. The van der Waals surface area contributed by atoms with Crippen LogP contribution in [0.5, 0.6) is 0 Å². The van der Waals surface area contributed by atoms with Crippen molar-refractivity contribution in [3.8, 4) is 0 Å². The molecule has 0 aromatic heterocycles. The average Bonchev–Trinajstić information content (AvgIpc) is 2.97. The van der Waals surface area contributed by atoms with Crippen LogP contribution in [0, 0.1) is 0 Å². The monoisotopic (exact) mass is 573 g/mol. The van der Waals surface area contributed by atoms with Crippen LogP contribution < -0.4 is 5.32 Å². The first-order valence-electron chi connectivity index (χ1n) is 16.6. The quantitative estimate of drug-likeness (QED) is 0.0430. The topological polar surface area (TPSA) is 89.8 Å². The fraction of sp³-hybridized carbons (Fsp3) is 0.694. The van der Waals surface area contributed by atoms with Gasteiger partial charge in [0.15, 0.2) is 0 Å². The van der Waals surface area contributed by atoms with Gasteiger partial charge in [-0.25, -0.2) is 0 Å². The maximum Gasteiger partial charge on any atom is 0.220 e. The molecule has 5 nitrogen and oxygen atoms in total. The van der Waals surface area contributed by atoms with Gasteiger partial charge in [0.05, 0.1) is 24.9 Å². The Morgan fingerprint density at radius 1 is 0.659 bits per heavy atom. The highest BCUT2D eigenvalue weighted by Crippen LogP contribution is 2.11. The van der Waals surface area contributed by atoms with Gasteiger partial charge in [-0.3, -0.25) is 4.79 Å². The summed E-state index contributed by atoms with van der Waals surface area (Å²) >= 11 is 0. The number of amides is 1. The van der Waals surface area contributed by atoms with E-state index in [2.05, 4.69) is 43.5 Å². The molecule has 0 aliphatic heterocycles. The molecule has 0 bridgehead atoms. The summed E-state index contributed by atoms with van der Waals surface area (Å²) in [5.74, 6) is -0.112. The first-order valence-corrected chi connectivity index (χ1v) is 16.6. The summed E-state index contributed by atoms with van der Waals surface area (Å²) in [6.07, 6.45) is 39.1. The standard InChI is InChI=1S/C36H63NO4/c1-3-5-7-8-9-10-11-12-13-16-19-22-26-30-35(40)34(32-38)37-36(41)31-27-23-20-17-14-15-18-21-25-29-33(39)28-24-6-4-2/h6-8,18,21,24-26,29-30,33-35,38-40H,3-5,9-17,19-20,22-23,27-28,31-32H2,1-2H3,(H,37,41)/b8-7-,21-18+,24-6+,29-25+,30-26+/t33?,34-,35+/m0/s1. The molecule has 41 heavy (non-hydrogen) atoms. The number of aliphatic hydroxyl groups is 3. The molecule has 3 atom stereocenters. The third-order valence-electron chi connectivity index (χ3n) is 7.04. The van der Waals surface area contributed by atoms with E-state index in [1.165, 1.54) is 51.4 Å². The van der Waals surface area contributed by atoms with Gasteiger partial charge in [-0.1, -0.05) is 126 Å². The molecular formula is C36H63NO4. The van der Waals surface area contributed by atoms with Gasteiger partial charge >= 0.3 is 0 Å². The predicted molar refractivity (Wildman–Crippen MR) is 176 cm³/mol. The lowest BCUT2D eigenvalue weighted by atomic mass is 10.1. The Morgan fingerprint density at radius 2 is 1.24 bits per heavy atom. The SMILES string of the molecule is CC/C=C/CC(O)/C=C/C=C/CCCCCCCC(=O)N[C@@H](CO)[C@H](O)/C=C/CCCCCCCC/C=C\CCC. The lowest BCUT2D eigenvalue weighted by Gasteiger charge is -2.20. The van der Waals surface area contributed by atoms with Crippen LogP contribution in [0.4, 0.5) is 0 Å². The van der Waals surface area contributed by atoms with Gasteiger partial charge in [0.25, 0.3) is 0 Å². The van der Waals surface area contributed by atoms with Crippen molar-refractivity contribution in [1.29, 1.82) is 0 Å². The zero-order chi connectivity index (χ0) is 30.2. The Bertz CT molecular complexity index is 725. The number of carbonyl (C=O) groups is 1. The molecule has 236 valence electrons. The molecular weight excluding hydrogens is 510 g/mol. The molecule has 4 N–H and O–H groups in total. The molecule has 0 aliphatic carbocycles. The number of rotatable bonds is 28. The summed E-state index contributed by atoms with van der Waals surface area (Å²) in [6.45, 7) is 4.01. The number of aliphatic hydroxyl groups excluding tert-OH is 3. The van der Waals surface area contributed by atoms with Gasteiger partial charge in [0.1, 0.15) is 0 Å². The Kier molecular flexibility index (Phi) is 29.5. The fourth-order valence-electron chi connectivity index (χ4n) is 4.45. The Balaban J connectivity index is 3.79. The Hall–Kier alpha value is -1.95. The second kappa shape index (κ2) is 31.0. The number of unbranched alkanes of at least 4 members (excludes halogenated alkanes) is 13. The van der Waals surface area contributed by atoms with Crippen molar-refractivity contribution in [2.75, 3.05) is 6.61 Å². The van der Waals surface area contributed by atoms with Gasteiger partial charge < -0.3 is 20.6 Å². The van der Waals surface area contributed by atoms with Crippen molar-refractivity contribution in [1.82, 2.24) is 5.32 Å². The van der Waals surface area contributed by atoms with Crippen LogP contribution in [-0.4, -0.2) is 46.1 Å². The molecule has 0 spiro atoms. The lowest BCUT2D eigenvalue weighted by molar-refractivity contribution is -0.123. The molecule has 5 heteroatoms. The molecule has 1 unspecified atom stereocenters. The van der Waals surface area contributed by atoms with E-state index in [1.54, 1.807) is 6.08 Å². The summed E-state index contributed by atoms with van der Waals surface area (Å²) in [5, 5.41) is 32.6. The summed E-state index contributed by atoms with van der Waals surface area (Å²) in [6, 6.07) is -0.653. The van der Waals surface area contributed by atoms with Crippen LogP contribution in [0.2, 0.25) is 0 Å². The number of hydrogen-bond donors (Lipinski definition) is 4. The normalized spacial score (nSPS) is 14.8. The highest BCUT2D eigenvalue weighted by Gasteiger charge is 2.17. The molecule has 0 aromatic rings. The summed E-state index contributed by atoms with van der Waals surface area (Å²) in [4.78, 5) is 12.3. The number of nitrogens with one attached hydrogen (secondary N) is 1. The molecule has 0 aromatic carbocycles. The molecule has 0 aliphatic rings. The van der Waals surface area contributed by atoms with E-state index in [0.717, 1.165) is 57.8 Å². The number of hydrogen-bond acceptors (Lipinski definition) is 4. The second-order valence-electron chi connectivity index (χ2n) is 11.0. The summed E-state index contributed by atoms with van der Waals surface area (Å²) in [5.41, 5.74) is 0. The van der Waals surface area contributed by atoms with Crippen LogP contribution in [0.15, 0.2) is 60.8 Å². The van der Waals surface area contributed by atoms with Gasteiger partial charge in [0, 0.05) is 6.42 Å². The number of allylic oxidation sites excluding steroid dienone is 7. The molecule has 0 fully saturated rings. The highest BCUT2D eigenvalue weighted by atomic mass is 16.3. The van der Waals surface area contributed by atoms with Gasteiger partial charge in [-0.05, 0) is 64.2 Å². The Labute approximate surface area is 252 Å². The van der Waals surface area contributed by atoms with E-state index in [-0.39, 0.29) is 12.5 Å². The van der Waals surface area contributed by atoms with Crippen molar-refractivity contribution in [3.05, 3.63) is 60.8 Å². The van der Waals surface area contributed by atoms with E-state index >= 15 is 0 Å². The molecule has 1 amide bonds. The highest BCUT2D eigenvalue weighted by molar-refractivity contribution is 5.76. The maximum atomic E-state index is 12.3. The summed E-state index contributed by atoms with van der Waals surface area (Å²) < 4.78 is 0. The molecule has 0 heterocycles. The Morgan fingerprint density at radius 3 is 1.88 bits per heavy atom. The minimum Gasteiger partial charge on any atom is -0.394 e. The average molecular weight is 574 g/mol. The van der Waals surface area contributed by atoms with Crippen LogP contribution in [0.1, 0.15) is 136 Å². The van der Waals surface area contributed by atoms with Gasteiger partial charge in [-0.15, -0.1) is 0 Å². The van der Waals surface area contributed by atoms with Crippen molar-refractivity contribution >= 4 is 5.91 Å². The van der Waals surface area contributed by atoms with Crippen LogP contribution in [0.3, 0.4) is 0 Å². The third kappa shape index (κ3) is 28.0. The van der Waals surface area contributed by atoms with E-state index < -0.39 is 18.2 Å². The third-order valence-corrected chi connectivity index (χ3v) is 7.04. The van der Waals surface area contributed by atoms with Gasteiger partial charge in [-0.2, -0.15) is 0 Å². The fourth-order valence-corrected chi connectivity index (χ4v) is 4.45. The minimum atomic E-state index is -0.867. The second-order valence-corrected chi connectivity index (χ2v) is 11.0. The largest absolute Gasteiger partial charge is 0.394 e. The first kappa shape index (κ1) is 39.0. The molecule has 0 saturated heterocycles. The van der Waals surface area contributed by atoms with Crippen molar-refractivity contribution in [3.63, 3.8) is 0 Å². The van der Waals surface area contributed by atoms with Crippen LogP contribution in [0.25, 0.3) is 0 Å². The maximum absolute atomic E-state index is 12.3. The first-order chi connectivity index (χ1) is 20.0. The molecule has 0 saturated carbocycles. The van der Waals surface area contributed by atoms with Gasteiger partial charge in [0.2, 0.25) is 5.91 Å². The van der Waals surface area contributed by atoms with Crippen molar-refractivity contribution < 1.29 is 20.1 Å². The molecule has 0 rings (SSSR count). The van der Waals surface area contributed by atoms with Crippen molar-refractivity contribution in [2.24, 2.45) is 0 Å². The summed E-state index contributed by atoms with van der Waals surface area (Å²) in [7, 11) is 0. The van der Waals surface area contributed by atoms with Crippen molar-refractivity contribution in [2.45, 2.75) is 154 Å². The smallest absolute Gasteiger partial charge is 0.220 e. The van der Waals surface area contributed by atoms with E-state index in [0.29, 0.717) is 12.8 Å². The minimum absolute atomic E-state index is 0.112. The van der Waals surface area contributed by atoms with Crippen LogP contribution >= 0.6 is 0 Å².